The van der Waals surface area contributed by atoms with Gasteiger partial charge in [0.15, 0.2) is 5.82 Å². The van der Waals surface area contributed by atoms with Gasteiger partial charge in [0.1, 0.15) is 0 Å². The highest BCUT2D eigenvalue weighted by molar-refractivity contribution is 5.26. The largest absolute Gasteiger partial charge is 0.305 e. The average molecular weight is 202 g/mol. The van der Waals surface area contributed by atoms with Crippen LogP contribution in [-0.4, -0.2) is 33.8 Å². The van der Waals surface area contributed by atoms with Crippen LogP contribution in [0.4, 0.5) is 0 Å². The van der Waals surface area contributed by atoms with Crippen molar-refractivity contribution in [2.75, 3.05) is 14.1 Å². The first-order valence-electron chi connectivity index (χ1n) is 4.85. The first-order chi connectivity index (χ1) is 7.25. The van der Waals surface area contributed by atoms with Crippen molar-refractivity contribution in [3.63, 3.8) is 0 Å². The molecule has 78 valence electrons. The summed E-state index contributed by atoms with van der Waals surface area (Å²) in [5, 5.41) is 4.15. The van der Waals surface area contributed by atoms with E-state index in [1.165, 1.54) is 5.56 Å². The first kappa shape index (κ1) is 9.86. The Morgan fingerprint density at radius 2 is 2.20 bits per heavy atom. The van der Waals surface area contributed by atoms with E-state index >= 15 is 0 Å². The maximum Gasteiger partial charge on any atom is 0.153 e. The van der Waals surface area contributed by atoms with E-state index in [0.29, 0.717) is 0 Å². The molecule has 0 aliphatic rings. The van der Waals surface area contributed by atoms with Crippen molar-refractivity contribution in [2.24, 2.45) is 0 Å². The Labute approximate surface area is 89.2 Å². The number of nitrogens with zero attached hydrogens (tertiary/aromatic N) is 4. The third-order valence-electron chi connectivity index (χ3n) is 2.05. The van der Waals surface area contributed by atoms with Gasteiger partial charge in [0.2, 0.25) is 0 Å². The molecule has 2 aromatic heterocycles. The molecular weight excluding hydrogens is 188 g/mol. The van der Waals surface area contributed by atoms with Crippen molar-refractivity contribution in [2.45, 2.75) is 6.54 Å². The van der Waals surface area contributed by atoms with E-state index in [2.05, 4.69) is 15.0 Å². The highest BCUT2D eigenvalue weighted by atomic mass is 15.3. The van der Waals surface area contributed by atoms with Crippen molar-refractivity contribution in [3.8, 4) is 5.82 Å². The normalized spacial score (nSPS) is 10.9. The zero-order valence-electron chi connectivity index (χ0n) is 8.96. The summed E-state index contributed by atoms with van der Waals surface area (Å²) < 4.78 is 1.76. The molecule has 0 bridgehead atoms. The van der Waals surface area contributed by atoms with Gasteiger partial charge in [-0.15, -0.1) is 0 Å². The van der Waals surface area contributed by atoms with Crippen molar-refractivity contribution >= 4 is 0 Å². The third-order valence-corrected chi connectivity index (χ3v) is 2.05. The Hall–Kier alpha value is -1.68. The van der Waals surface area contributed by atoms with E-state index in [9.17, 15) is 0 Å². The Balaban J connectivity index is 2.27. The Kier molecular flexibility index (Phi) is 2.78. The van der Waals surface area contributed by atoms with Crippen LogP contribution in [0.2, 0.25) is 0 Å². The number of aromatic nitrogens is 3. The summed E-state index contributed by atoms with van der Waals surface area (Å²) in [6.07, 6.45) is 5.46. The second kappa shape index (κ2) is 4.23. The molecule has 0 spiro atoms. The van der Waals surface area contributed by atoms with Crippen LogP contribution in [0.1, 0.15) is 5.56 Å². The second-order valence-corrected chi connectivity index (χ2v) is 3.71. The summed E-state index contributed by atoms with van der Waals surface area (Å²) in [6, 6.07) is 5.96. The van der Waals surface area contributed by atoms with Gasteiger partial charge in [0.05, 0.1) is 0 Å². The summed E-state index contributed by atoms with van der Waals surface area (Å²) in [5.74, 6) is 0.861. The van der Waals surface area contributed by atoms with E-state index in [1.54, 1.807) is 10.9 Å². The maximum absolute atomic E-state index is 4.27. The third kappa shape index (κ3) is 2.41. The molecule has 4 nitrogen and oxygen atoms in total. The van der Waals surface area contributed by atoms with Gasteiger partial charge in [-0.3, -0.25) is 0 Å². The minimum absolute atomic E-state index is 0.861. The lowest BCUT2D eigenvalue weighted by molar-refractivity contribution is 0.402. The van der Waals surface area contributed by atoms with Crippen LogP contribution < -0.4 is 0 Å². The molecule has 0 amide bonds. The minimum Gasteiger partial charge on any atom is -0.305 e. The highest BCUT2D eigenvalue weighted by Crippen LogP contribution is 2.07. The highest BCUT2D eigenvalue weighted by Gasteiger charge is 2.00. The smallest absolute Gasteiger partial charge is 0.153 e. The van der Waals surface area contributed by atoms with Crippen molar-refractivity contribution in [1.82, 2.24) is 19.7 Å². The molecule has 2 rings (SSSR count). The second-order valence-electron chi connectivity index (χ2n) is 3.71. The number of pyridine rings is 1. The molecule has 0 aliphatic carbocycles. The van der Waals surface area contributed by atoms with Crippen LogP contribution in [0.15, 0.2) is 36.8 Å². The van der Waals surface area contributed by atoms with Gasteiger partial charge in [0, 0.05) is 25.1 Å². The minimum atomic E-state index is 0.861. The quantitative estimate of drug-likeness (QED) is 0.753. The SMILES string of the molecule is CN(C)Cc1ccnc(-n2cccn2)c1. The molecule has 4 heteroatoms. The van der Waals surface area contributed by atoms with Gasteiger partial charge in [-0.1, -0.05) is 0 Å². The molecule has 0 saturated heterocycles. The molecule has 2 heterocycles. The van der Waals surface area contributed by atoms with Gasteiger partial charge in [-0.25, -0.2) is 9.67 Å². The summed E-state index contributed by atoms with van der Waals surface area (Å²) >= 11 is 0. The van der Waals surface area contributed by atoms with Gasteiger partial charge >= 0.3 is 0 Å². The van der Waals surface area contributed by atoms with E-state index in [1.807, 2.05) is 44.7 Å². The molecule has 0 aliphatic heterocycles. The fourth-order valence-corrected chi connectivity index (χ4v) is 1.45. The summed E-state index contributed by atoms with van der Waals surface area (Å²) in [7, 11) is 4.10. The van der Waals surface area contributed by atoms with Gasteiger partial charge in [-0.2, -0.15) is 5.10 Å². The van der Waals surface area contributed by atoms with Crippen molar-refractivity contribution in [3.05, 3.63) is 42.4 Å². The molecule has 2 aromatic rings. The Bertz CT molecular complexity index is 420. The molecule has 0 atom stereocenters. The van der Waals surface area contributed by atoms with Crippen LogP contribution >= 0.6 is 0 Å². The molecule has 0 radical (unpaired) electrons. The average Bonchev–Trinajstić information content (AvgIpc) is 2.69. The van der Waals surface area contributed by atoms with Crippen LogP contribution in [0.25, 0.3) is 5.82 Å². The topological polar surface area (TPSA) is 34.0 Å². The van der Waals surface area contributed by atoms with Crippen LogP contribution in [0.3, 0.4) is 0 Å². The zero-order valence-corrected chi connectivity index (χ0v) is 8.96. The molecule has 0 aromatic carbocycles. The summed E-state index contributed by atoms with van der Waals surface area (Å²) in [5.41, 5.74) is 1.24. The van der Waals surface area contributed by atoms with E-state index in [-0.39, 0.29) is 0 Å². The number of hydrogen-bond acceptors (Lipinski definition) is 3. The molecule has 0 unspecified atom stereocenters. The lowest BCUT2D eigenvalue weighted by atomic mass is 10.2. The van der Waals surface area contributed by atoms with E-state index in [0.717, 1.165) is 12.4 Å². The molecular formula is C11H14N4. The summed E-state index contributed by atoms with van der Waals surface area (Å²) in [4.78, 5) is 6.40. The Morgan fingerprint density at radius 1 is 1.33 bits per heavy atom. The summed E-state index contributed by atoms with van der Waals surface area (Å²) in [6.45, 7) is 0.913. The predicted molar refractivity (Wildman–Crippen MR) is 58.8 cm³/mol. The zero-order chi connectivity index (χ0) is 10.7. The van der Waals surface area contributed by atoms with Crippen LogP contribution in [0.5, 0.6) is 0 Å². The lowest BCUT2D eigenvalue weighted by Gasteiger charge is -2.10. The first-order valence-corrected chi connectivity index (χ1v) is 4.85. The van der Waals surface area contributed by atoms with Crippen LogP contribution in [-0.2, 0) is 6.54 Å². The molecule has 0 N–H and O–H groups in total. The lowest BCUT2D eigenvalue weighted by Crippen LogP contribution is -2.11. The maximum atomic E-state index is 4.27. The van der Waals surface area contributed by atoms with E-state index in [4.69, 9.17) is 0 Å². The fraction of sp³-hybridized carbons (Fsp3) is 0.273. The van der Waals surface area contributed by atoms with Gasteiger partial charge < -0.3 is 4.90 Å². The Morgan fingerprint density at radius 3 is 2.87 bits per heavy atom. The van der Waals surface area contributed by atoms with Gasteiger partial charge in [0.25, 0.3) is 0 Å². The van der Waals surface area contributed by atoms with Crippen molar-refractivity contribution in [1.29, 1.82) is 0 Å². The predicted octanol–water partition coefficient (Wildman–Crippen LogP) is 1.33. The molecule has 0 fully saturated rings. The molecule has 0 saturated carbocycles. The molecule has 15 heavy (non-hydrogen) atoms. The monoisotopic (exact) mass is 202 g/mol. The van der Waals surface area contributed by atoms with Crippen molar-refractivity contribution < 1.29 is 0 Å². The number of rotatable bonds is 3. The number of hydrogen-bond donors (Lipinski definition) is 0. The van der Waals surface area contributed by atoms with E-state index < -0.39 is 0 Å². The van der Waals surface area contributed by atoms with Gasteiger partial charge in [-0.05, 0) is 37.9 Å². The standard InChI is InChI=1S/C11H14N4/c1-14(2)9-10-4-6-12-11(8-10)15-7-3-5-13-15/h3-8H,9H2,1-2H3. The van der Waals surface area contributed by atoms with Crippen LogP contribution in [0, 0.1) is 0 Å². The fourth-order valence-electron chi connectivity index (χ4n) is 1.45.